The Bertz CT molecular complexity index is 2090. The number of nitrogens with zero attached hydrogens (tertiary/aromatic N) is 4. The summed E-state index contributed by atoms with van der Waals surface area (Å²) in [5.74, 6) is 2.82. The van der Waals surface area contributed by atoms with Crippen LogP contribution in [0.15, 0.2) is 109 Å². The first kappa shape index (κ1) is 29.2. The van der Waals surface area contributed by atoms with Crippen molar-refractivity contribution in [2.24, 2.45) is 0 Å². The number of benzene rings is 4. The molecule has 6 nitrogen and oxygen atoms in total. The molecule has 2 aliphatic heterocycles. The van der Waals surface area contributed by atoms with Crippen molar-refractivity contribution < 1.29 is 30.5 Å². The molecule has 6 aromatic rings. The van der Waals surface area contributed by atoms with E-state index >= 15 is 0 Å². The monoisotopic (exact) mass is 768 g/mol. The molecule has 0 amide bonds. The Morgan fingerprint density at radius 3 is 2.44 bits per heavy atom. The molecule has 8 heteroatoms. The molecule has 8 rings (SSSR count). The summed E-state index contributed by atoms with van der Waals surface area (Å²) in [6, 6.07) is 38.1. The number of hydrogen-bond donors (Lipinski definition) is 0. The molecule has 0 unspecified atom stereocenters. The van der Waals surface area contributed by atoms with Gasteiger partial charge in [0.25, 0.3) is 0 Å². The molecular weight excluding hydrogens is 738 g/mol. The van der Waals surface area contributed by atoms with Gasteiger partial charge in [-0.2, -0.15) is 12.1 Å². The van der Waals surface area contributed by atoms with Crippen molar-refractivity contribution in [3.63, 3.8) is 0 Å². The van der Waals surface area contributed by atoms with Crippen LogP contribution in [0.3, 0.4) is 0 Å². The number of fused-ring (bicyclic) bond motifs is 6. The van der Waals surface area contributed by atoms with E-state index in [0.717, 1.165) is 50.1 Å². The number of pyridine rings is 1. The van der Waals surface area contributed by atoms with Gasteiger partial charge in [0, 0.05) is 50.5 Å². The molecule has 2 aliphatic rings. The first-order valence-electron chi connectivity index (χ1n) is 14.8. The summed E-state index contributed by atoms with van der Waals surface area (Å²) in [4.78, 5) is 8.79. The number of anilines is 1. The predicted octanol–water partition coefficient (Wildman–Crippen LogP) is 6.67. The van der Waals surface area contributed by atoms with E-state index in [-0.39, 0.29) is 33.4 Å². The maximum absolute atomic E-state index is 6.47. The van der Waals surface area contributed by atoms with Gasteiger partial charge in [0.1, 0.15) is 5.82 Å². The second-order valence-electron chi connectivity index (χ2n) is 12.3. The van der Waals surface area contributed by atoms with Crippen molar-refractivity contribution in [2.75, 3.05) is 11.9 Å². The van der Waals surface area contributed by atoms with Crippen LogP contribution in [0.2, 0.25) is 0 Å². The van der Waals surface area contributed by atoms with Crippen molar-refractivity contribution in [1.82, 2.24) is 14.5 Å². The standard InChI is InChI=1S/C37H30BN4O2.Pt/c1-37(2,3)25-18-19-39-35(20-25)42-32-13-9-8-12-29(32)30-16-14-27(21-33(30)42)43-28-15-17-31-34(22-28)41-24-40(4)23-36(41)44-38(31)26-10-6-5-7-11-26;/h5-20,23-24H,1-4H3;/q-3;. The molecule has 226 valence electrons. The molecule has 0 aliphatic carbocycles. The average Bonchev–Trinajstić information content (AvgIpc) is 3.57. The van der Waals surface area contributed by atoms with Crippen molar-refractivity contribution in [3.05, 3.63) is 134 Å². The summed E-state index contributed by atoms with van der Waals surface area (Å²) in [7, 11) is 1.99. The third-order valence-electron chi connectivity index (χ3n) is 8.26. The molecule has 0 fully saturated rings. The van der Waals surface area contributed by atoms with Crippen molar-refractivity contribution >= 4 is 45.3 Å². The van der Waals surface area contributed by atoms with Crippen LogP contribution in [-0.2, 0) is 31.1 Å². The fourth-order valence-electron chi connectivity index (χ4n) is 6.07. The van der Waals surface area contributed by atoms with Gasteiger partial charge in [-0.1, -0.05) is 80.5 Å². The molecule has 2 aromatic heterocycles. The Morgan fingerprint density at radius 2 is 1.62 bits per heavy atom. The van der Waals surface area contributed by atoms with Crippen LogP contribution in [0, 0.1) is 18.8 Å². The molecule has 45 heavy (non-hydrogen) atoms. The minimum absolute atomic E-state index is 0. The molecule has 0 N–H and O–H groups in total. The van der Waals surface area contributed by atoms with Gasteiger partial charge in [0.2, 0.25) is 0 Å². The maximum atomic E-state index is 6.47. The number of rotatable bonds is 4. The zero-order valence-corrected chi connectivity index (χ0v) is 27.7. The quantitative estimate of drug-likeness (QED) is 0.148. The third kappa shape index (κ3) is 5.09. The summed E-state index contributed by atoms with van der Waals surface area (Å²) < 4.78 is 15.1. The zero-order valence-electron chi connectivity index (χ0n) is 25.4. The van der Waals surface area contributed by atoms with E-state index in [9.17, 15) is 0 Å². The number of ether oxygens (including phenoxy) is 1. The SMILES string of the molecule is CN1C=C2OB(c3ccccc3)c3ccc(Oc4[c-]c5c(cc4)c4ccccc4n5-c4cc(C(C)(C)C)ccn4)[c-]c3N2[CH-]1.[Pt]. The van der Waals surface area contributed by atoms with E-state index < -0.39 is 0 Å². The van der Waals surface area contributed by atoms with E-state index in [0.29, 0.717) is 11.5 Å². The van der Waals surface area contributed by atoms with Crippen LogP contribution in [0.25, 0.3) is 27.6 Å². The van der Waals surface area contributed by atoms with Gasteiger partial charge in [-0.3, -0.25) is 0 Å². The van der Waals surface area contributed by atoms with Crippen LogP contribution >= 0.6 is 0 Å². The number of para-hydroxylation sites is 1. The molecule has 0 atom stereocenters. The smallest absolute Gasteiger partial charge is 0.359 e. The van der Waals surface area contributed by atoms with Crippen LogP contribution in [0.4, 0.5) is 5.69 Å². The summed E-state index contributed by atoms with van der Waals surface area (Å²) in [5, 5.41) is 2.24. The fourth-order valence-corrected chi connectivity index (χ4v) is 6.07. The summed E-state index contributed by atoms with van der Waals surface area (Å²) in [6.45, 7) is 8.40. The molecule has 0 saturated heterocycles. The minimum Gasteiger partial charge on any atom is -0.553 e. The average molecular weight is 769 g/mol. The van der Waals surface area contributed by atoms with E-state index in [1.165, 1.54) is 5.56 Å². The van der Waals surface area contributed by atoms with Gasteiger partial charge in [-0.15, -0.1) is 41.8 Å². The van der Waals surface area contributed by atoms with Crippen LogP contribution in [-0.4, -0.2) is 28.4 Å². The number of hydrogen-bond acceptors (Lipinski definition) is 5. The summed E-state index contributed by atoms with van der Waals surface area (Å²) >= 11 is 0. The van der Waals surface area contributed by atoms with Gasteiger partial charge in [-0.05, 0) is 47.1 Å². The first-order chi connectivity index (χ1) is 21.3. The van der Waals surface area contributed by atoms with Crippen molar-refractivity contribution in [1.29, 1.82) is 0 Å². The molecule has 0 radical (unpaired) electrons. The first-order valence-corrected chi connectivity index (χ1v) is 14.8. The zero-order chi connectivity index (χ0) is 30.0. The van der Waals surface area contributed by atoms with Gasteiger partial charge in [-0.25, -0.2) is 4.98 Å². The molecular formula is C37H30BN4O2Pt-3. The van der Waals surface area contributed by atoms with Crippen LogP contribution in [0.1, 0.15) is 26.3 Å². The molecule has 4 aromatic carbocycles. The van der Waals surface area contributed by atoms with E-state index in [1.807, 2.05) is 66.2 Å². The fraction of sp³-hybridized carbons (Fsp3) is 0.135. The Morgan fingerprint density at radius 1 is 0.867 bits per heavy atom. The van der Waals surface area contributed by atoms with Gasteiger partial charge in [0.05, 0.1) is 0 Å². The number of aromatic nitrogens is 2. The van der Waals surface area contributed by atoms with Crippen molar-refractivity contribution in [2.45, 2.75) is 26.2 Å². The maximum Gasteiger partial charge on any atom is 0.359 e. The van der Waals surface area contributed by atoms with Gasteiger partial charge in [0.15, 0.2) is 5.88 Å². The molecule has 0 saturated carbocycles. The van der Waals surface area contributed by atoms with Crippen molar-refractivity contribution in [3.8, 4) is 17.3 Å². The summed E-state index contributed by atoms with van der Waals surface area (Å²) in [6.07, 6.45) is 3.87. The van der Waals surface area contributed by atoms with Gasteiger partial charge < -0.3 is 23.8 Å². The van der Waals surface area contributed by atoms with Crippen LogP contribution in [0.5, 0.6) is 11.5 Å². The van der Waals surface area contributed by atoms with Crippen LogP contribution < -0.4 is 20.6 Å². The Labute approximate surface area is 278 Å². The Balaban J connectivity index is 0.00000325. The van der Waals surface area contributed by atoms with Gasteiger partial charge >= 0.3 is 6.92 Å². The minimum atomic E-state index is -0.242. The Hall–Kier alpha value is -4.48. The topological polar surface area (TPSA) is 42.8 Å². The normalized spacial score (nSPS) is 14.1. The third-order valence-corrected chi connectivity index (χ3v) is 8.26. The second kappa shape index (κ2) is 11.2. The summed E-state index contributed by atoms with van der Waals surface area (Å²) in [5.41, 5.74) is 6.22. The van der Waals surface area contributed by atoms with E-state index in [1.54, 1.807) is 0 Å². The largest absolute Gasteiger partial charge is 0.553 e. The predicted molar refractivity (Wildman–Crippen MR) is 177 cm³/mol. The molecule has 4 heterocycles. The molecule has 0 bridgehead atoms. The Kier molecular flexibility index (Phi) is 7.25. The second-order valence-corrected chi connectivity index (χ2v) is 12.3. The van der Waals surface area contributed by atoms with E-state index in [4.69, 9.17) is 14.4 Å². The van der Waals surface area contributed by atoms with E-state index in [2.05, 4.69) is 98.1 Å². The molecule has 0 spiro atoms.